The normalized spacial score (nSPS) is 26.4. The number of amides is 2. The van der Waals surface area contributed by atoms with Gasteiger partial charge in [-0.2, -0.15) is 0 Å². The summed E-state index contributed by atoms with van der Waals surface area (Å²) in [5.41, 5.74) is 1.09. The Morgan fingerprint density at radius 3 is 2.70 bits per heavy atom. The van der Waals surface area contributed by atoms with Gasteiger partial charge in [0.1, 0.15) is 23.1 Å². The smallest absolute Gasteiger partial charge is 0.330 e. The fourth-order valence-corrected chi connectivity index (χ4v) is 6.13. The van der Waals surface area contributed by atoms with Gasteiger partial charge in [-0.3, -0.25) is 14.6 Å². The zero-order chi connectivity index (χ0) is 30.8. The molecule has 0 unspecified atom stereocenters. The van der Waals surface area contributed by atoms with Crippen molar-refractivity contribution in [3.63, 3.8) is 0 Å². The van der Waals surface area contributed by atoms with Crippen LogP contribution in [0.15, 0.2) is 78.4 Å². The highest BCUT2D eigenvalue weighted by molar-refractivity contribution is 6.02. The van der Waals surface area contributed by atoms with Gasteiger partial charge in [-0.15, -0.1) is 0 Å². The number of hydrogen-bond donors (Lipinski definition) is 3. The van der Waals surface area contributed by atoms with Crippen LogP contribution in [-0.2, 0) is 14.4 Å². The minimum atomic E-state index is -1.38. The van der Waals surface area contributed by atoms with Crippen molar-refractivity contribution in [2.45, 2.75) is 50.2 Å². The lowest BCUT2D eigenvalue weighted by atomic mass is 9.98. The second kappa shape index (κ2) is 12.1. The van der Waals surface area contributed by atoms with Gasteiger partial charge < -0.3 is 19.9 Å². The number of carbonyl (C=O) groups is 3. The molecule has 3 aliphatic rings. The summed E-state index contributed by atoms with van der Waals surface area (Å²) >= 11 is 0. The van der Waals surface area contributed by atoms with E-state index in [-0.39, 0.29) is 17.9 Å². The first-order valence-electron chi connectivity index (χ1n) is 15.0. The molecule has 6 rings (SSSR count). The highest BCUT2D eigenvalue weighted by Crippen LogP contribution is 2.46. The molecule has 2 amide bonds. The van der Waals surface area contributed by atoms with Gasteiger partial charge in [0.2, 0.25) is 5.91 Å². The summed E-state index contributed by atoms with van der Waals surface area (Å²) in [6.07, 6.45) is 8.62. The molecule has 0 bridgehead atoms. The van der Waals surface area contributed by atoms with Crippen LogP contribution in [0.25, 0.3) is 22.2 Å². The molecule has 10 nitrogen and oxygen atoms in total. The molecule has 44 heavy (non-hydrogen) atoms. The summed E-state index contributed by atoms with van der Waals surface area (Å²) in [7, 11) is 1.59. The number of fused-ring (bicyclic) bond motifs is 3. The Morgan fingerprint density at radius 2 is 1.93 bits per heavy atom. The fraction of sp³-hybridized carbons (Fsp3) is 0.353. The van der Waals surface area contributed by atoms with Crippen molar-refractivity contribution in [1.82, 2.24) is 15.3 Å². The van der Waals surface area contributed by atoms with Gasteiger partial charge in [0.25, 0.3) is 5.91 Å². The third-order valence-electron chi connectivity index (χ3n) is 8.74. The molecule has 2 aromatic carbocycles. The maximum atomic E-state index is 13.7. The van der Waals surface area contributed by atoms with E-state index in [0.717, 1.165) is 41.6 Å². The van der Waals surface area contributed by atoms with E-state index >= 15 is 0 Å². The van der Waals surface area contributed by atoms with E-state index in [0.29, 0.717) is 35.7 Å². The van der Waals surface area contributed by atoms with Crippen molar-refractivity contribution in [3.05, 3.63) is 78.4 Å². The molecule has 1 fully saturated rings. The molecule has 1 aromatic heterocycles. The Bertz CT molecular complexity index is 1650. The van der Waals surface area contributed by atoms with Gasteiger partial charge in [-0.1, -0.05) is 48.9 Å². The second-order valence-electron chi connectivity index (χ2n) is 11.7. The molecule has 0 spiro atoms. The Balaban J connectivity index is 1.34. The number of pyridine rings is 1. The van der Waals surface area contributed by atoms with Gasteiger partial charge in [0, 0.05) is 47.5 Å². The molecular weight excluding hydrogens is 560 g/mol. The third-order valence-corrected chi connectivity index (χ3v) is 8.74. The quantitative estimate of drug-likeness (QED) is 0.223. The molecule has 4 atom stereocenters. The summed E-state index contributed by atoms with van der Waals surface area (Å²) in [6.45, 7) is 0.346. The number of nitrogens with one attached hydrogen (secondary N) is 1. The number of carbonyl (C=O) groups excluding carboxylic acids is 2. The lowest BCUT2D eigenvalue weighted by Crippen LogP contribution is -2.49. The molecule has 2 heterocycles. The van der Waals surface area contributed by atoms with E-state index in [4.69, 9.17) is 20.3 Å². The minimum Gasteiger partial charge on any atom is -0.497 e. The zero-order valence-corrected chi connectivity index (χ0v) is 24.6. The fourth-order valence-electron chi connectivity index (χ4n) is 6.13. The Labute approximate surface area is 255 Å². The van der Waals surface area contributed by atoms with E-state index in [1.54, 1.807) is 13.2 Å². The van der Waals surface area contributed by atoms with Crippen LogP contribution in [0.3, 0.4) is 0 Å². The number of benzene rings is 2. The monoisotopic (exact) mass is 596 g/mol. The number of rotatable bonds is 5. The summed E-state index contributed by atoms with van der Waals surface area (Å²) in [4.78, 5) is 44.4. The number of carboxylic acid groups (broad SMARTS) is 1. The number of ether oxygens (including phenoxy) is 2. The first-order valence-corrected chi connectivity index (χ1v) is 15.0. The highest BCUT2D eigenvalue weighted by Gasteiger charge is 2.61. The predicted octanol–water partition coefficient (Wildman–Crippen LogP) is 4.40. The minimum absolute atomic E-state index is 0.150. The topological polar surface area (TPSA) is 144 Å². The maximum Gasteiger partial charge on any atom is 0.330 e. The van der Waals surface area contributed by atoms with Crippen molar-refractivity contribution in [3.8, 4) is 22.8 Å². The van der Waals surface area contributed by atoms with Crippen molar-refractivity contribution < 1.29 is 29.0 Å². The first kappa shape index (κ1) is 29.4. The van der Waals surface area contributed by atoms with Gasteiger partial charge in [0.05, 0.1) is 24.2 Å². The average Bonchev–Trinajstić information content (AvgIpc) is 3.57. The van der Waals surface area contributed by atoms with Crippen LogP contribution in [0.1, 0.15) is 38.5 Å². The predicted molar refractivity (Wildman–Crippen MR) is 164 cm³/mol. The number of nitrogens with zero attached hydrogens (tertiary/aromatic N) is 2. The average molecular weight is 597 g/mol. The molecule has 1 aliphatic heterocycles. The van der Waals surface area contributed by atoms with Crippen LogP contribution in [0.4, 0.5) is 0 Å². The summed E-state index contributed by atoms with van der Waals surface area (Å²) < 4.78 is 12.0. The Hall–Kier alpha value is -4.70. The summed E-state index contributed by atoms with van der Waals surface area (Å²) in [6, 6.07) is 17.1. The van der Waals surface area contributed by atoms with E-state index in [1.807, 2.05) is 66.7 Å². The standard InChI is InChI=1S/C34H36N4O6/c1-43-23-13-14-25-29(18-23)36-28(21-10-6-5-7-11-21)19-30(25)44-24-16-26-27(17-24)32(40)38(35)15-9-4-2-3-8-12-22-20-34(22,33(41)42)37-31(26)39/h5-8,10-14,17-19,22,24,26H,2-4,9,15-16,20,35H2,1H3,(H,37,39)(H,41,42)/b12-8-/t22-,24-,26-,34-/m1/s1. The van der Waals surface area contributed by atoms with Crippen molar-refractivity contribution in [1.29, 1.82) is 0 Å². The Morgan fingerprint density at radius 1 is 1.11 bits per heavy atom. The molecule has 0 radical (unpaired) electrons. The number of hydrogen-bond acceptors (Lipinski definition) is 7. The first-order chi connectivity index (χ1) is 21.3. The number of nitrogens with two attached hydrogens (primary N) is 1. The van der Waals surface area contributed by atoms with E-state index < -0.39 is 35.3 Å². The summed E-state index contributed by atoms with van der Waals surface area (Å²) in [5.74, 6) is 4.09. The van der Waals surface area contributed by atoms with Gasteiger partial charge >= 0.3 is 5.97 Å². The van der Waals surface area contributed by atoms with E-state index in [2.05, 4.69) is 5.32 Å². The maximum absolute atomic E-state index is 13.7. The van der Waals surface area contributed by atoms with Crippen LogP contribution >= 0.6 is 0 Å². The lowest BCUT2D eigenvalue weighted by Gasteiger charge is -2.22. The van der Waals surface area contributed by atoms with Crippen LogP contribution in [-0.4, -0.2) is 58.2 Å². The molecule has 1 saturated carbocycles. The van der Waals surface area contributed by atoms with Crippen molar-refractivity contribution >= 4 is 28.7 Å². The highest BCUT2D eigenvalue weighted by atomic mass is 16.5. The van der Waals surface area contributed by atoms with Gasteiger partial charge in [-0.25, -0.2) is 15.6 Å². The van der Waals surface area contributed by atoms with Crippen molar-refractivity contribution in [2.24, 2.45) is 17.7 Å². The van der Waals surface area contributed by atoms with Crippen LogP contribution in [0.5, 0.6) is 11.5 Å². The lowest BCUT2D eigenvalue weighted by molar-refractivity contribution is -0.144. The molecule has 4 N–H and O–H groups in total. The number of carboxylic acids is 1. The van der Waals surface area contributed by atoms with Crippen molar-refractivity contribution in [2.75, 3.05) is 13.7 Å². The number of allylic oxidation sites excluding steroid dienone is 1. The van der Waals surface area contributed by atoms with Crippen LogP contribution in [0, 0.1) is 11.8 Å². The number of hydrazine groups is 1. The number of methoxy groups -OCH3 is 1. The van der Waals surface area contributed by atoms with Crippen LogP contribution in [0.2, 0.25) is 0 Å². The van der Waals surface area contributed by atoms with E-state index in [1.165, 1.54) is 0 Å². The SMILES string of the molecule is COc1ccc2c(O[C@H]3C=C4C(=O)N(N)CCCCC/C=C\[C@@H]5C[C@@]5(C(=O)O)NC(=O)[C@@H]4C3)cc(-c3ccccc3)nc2c1. The molecule has 0 saturated heterocycles. The second-order valence-corrected chi connectivity index (χ2v) is 11.7. The molecule has 228 valence electrons. The van der Waals surface area contributed by atoms with Gasteiger partial charge in [-0.05, 0) is 43.9 Å². The third kappa shape index (κ3) is 5.77. The number of aromatic nitrogens is 1. The van der Waals surface area contributed by atoms with Crippen LogP contribution < -0.4 is 20.6 Å². The number of aliphatic carboxylic acids is 1. The van der Waals surface area contributed by atoms with Gasteiger partial charge in [0.15, 0.2) is 0 Å². The molecule has 3 aromatic rings. The zero-order valence-electron chi connectivity index (χ0n) is 24.6. The Kier molecular flexibility index (Phi) is 8.09. The molecule has 2 aliphatic carbocycles. The van der Waals surface area contributed by atoms with E-state index in [9.17, 15) is 19.5 Å². The molecular formula is C34H36N4O6. The largest absolute Gasteiger partial charge is 0.497 e. The molecule has 10 heteroatoms. The summed E-state index contributed by atoms with van der Waals surface area (Å²) in [5, 5.41) is 14.7.